The van der Waals surface area contributed by atoms with Crippen molar-refractivity contribution in [2.45, 2.75) is 18.1 Å². The van der Waals surface area contributed by atoms with Gasteiger partial charge in [0.15, 0.2) is 0 Å². The molecule has 0 saturated carbocycles. The first kappa shape index (κ1) is 19.7. The maximum Gasteiger partial charge on any atom is 0.416 e. The fraction of sp³-hybridized carbons (Fsp3) is 0.333. The quantitative estimate of drug-likeness (QED) is 0.515. The molecule has 0 saturated heterocycles. The molecule has 0 aliphatic heterocycles. The summed E-state index contributed by atoms with van der Waals surface area (Å²) in [5.41, 5.74) is -5.02. The molecule has 0 aliphatic carbocycles. The number of alkyl halides is 6. The molecule has 1 aromatic rings. The van der Waals surface area contributed by atoms with Gasteiger partial charge in [0.25, 0.3) is 10.1 Å². The minimum atomic E-state index is -5.17. The van der Waals surface area contributed by atoms with E-state index in [0.717, 1.165) is 0 Å². The monoisotopic (exact) mass is 331 g/mol. The van der Waals surface area contributed by atoms with Crippen LogP contribution < -0.4 is 0 Å². The molecule has 3 nitrogen and oxygen atoms in total. The largest absolute Gasteiger partial charge is 0.416 e. The van der Waals surface area contributed by atoms with E-state index >= 15 is 0 Å². The number of hydrogen-bond donors (Lipinski definition) is 1. The van der Waals surface area contributed by atoms with Crippen LogP contribution in [0, 0.1) is 0 Å². The Morgan fingerprint density at radius 1 is 0.950 bits per heavy atom. The van der Waals surface area contributed by atoms with Gasteiger partial charge in [-0.2, -0.15) is 34.8 Å². The maximum atomic E-state index is 12.5. The molecule has 0 aliphatic rings. The van der Waals surface area contributed by atoms with Gasteiger partial charge in [-0.1, -0.05) is 6.07 Å². The average Bonchev–Trinajstić information content (AvgIpc) is 2.11. The van der Waals surface area contributed by atoms with Crippen LogP contribution in [0.2, 0.25) is 0 Å². The zero-order chi connectivity index (χ0) is 15.1. The van der Waals surface area contributed by atoms with Crippen LogP contribution in [0.5, 0.6) is 0 Å². The summed E-state index contributed by atoms with van der Waals surface area (Å²) < 4.78 is 105. The average molecular weight is 331 g/mol. The van der Waals surface area contributed by atoms with Gasteiger partial charge in [0.1, 0.15) is 5.75 Å². The summed E-state index contributed by atoms with van der Waals surface area (Å²) in [5, 5.41) is 0. The van der Waals surface area contributed by atoms with Crippen molar-refractivity contribution < 1.29 is 39.3 Å². The van der Waals surface area contributed by atoms with Crippen molar-refractivity contribution in [1.82, 2.24) is 0 Å². The second-order valence-corrected chi connectivity index (χ2v) is 5.01. The molecule has 0 heterocycles. The minimum Gasteiger partial charge on any atom is -0.285 e. The van der Waals surface area contributed by atoms with Gasteiger partial charge in [-0.15, -0.1) is 0 Å². The van der Waals surface area contributed by atoms with E-state index in [1.807, 2.05) is 0 Å². The van der Waals surface area contributed by atoms with Gasteiger partial charge in [0, 0.05) is 29.6 Å². The van der Waals surface area contributed by atoms with Crippen LogP contribution in [-0.4, -0.2) is 42.5 Å². The Hall–Kier alpha value is -0.290. The van der Waals surface area contributed by atoms with E-state index in [1.54, 1.807) is 0 Å². The molecule has 0 bridgehead atoms. The fourth-order valence-electron chi connectivity index (χ4n) is 1.46. The van der Waals surface area contributed by atoms with Crippen molar-refractivity contribution in [1.29, 1.82) is 0 Å². The Morgan fingerprint density at radius 2 is 1.30 bits per heavy atom. The normalized spacial score (nSPS) is 12.9. The van der Waals surface area contributed by atoms with Crippen LogP contribution in [0.4, 0.5) is 26.3 Å². The summed E-state index contributed by atoms with van der Waals surface area (Å²) in [7, 11) is -5.04. The predicted octanol–water partition coefficient (Wildman–Crippen LogP) is 2.73. The van der Waals surface area contributed by atoms with Crippen molar-refractivity contribution in [3.05, 3.63) is 34.9 Å². The van der Waals surface area contributed by atoms with Crippen LogP contribution >= 0.6 is 0 Å². The van der Waals surface area contributed by atoms with Crippen molar-refractivity contribution in [2.24, 2.45) is 0 Å². The van der Waals surface area contributed by atoms with E-state index in [9.17, 15) is 34.8 Å². The molecule has 1 N–H and O–H groups in total. The third kappa shape index (κ3) is 5.24. The third-order valence-corrected chi connectivity index (χ3v) is 2.77. The number of rotatable bonds is 2. The van der Waals surface area contributed by atoms with E-state index in [-0.39, 0.29) is 29.6 Å². The second kappa shape index (κ2) is 6.22. The van der Waals surface area contributed by atoms with Crippen LogP contribution in [0.25, 0.3) is 0 Å². The molecule has 109 valence electrons. The smallest absolute Gasteiger partial charge is 0.285 e. The zero-order valence-electron chi connectivity index (χ0n) is 9.88. The molecule has 0 atom stereocenters. The molecule has 1 radical (unpaired) electrons. The van der Waals surface area contributed by atoms with E-state index in [0.29, 0.717) is 18.2 Å². The summed E-state index contributed by atoms with van der Waals surface area (Å²) in [6.07, 6.45) is -10.3. The second-order valence-electron chi connectivity index (χ2n) is 3.55. The Morgan fingerprint density at radius 3 is 1.55 bits per heavy atom. The minimum absolute atomic E-state index is 0. The van der Waals surface area contributed by atoms with Crippen LogP contribution in [0.1, 0.15) is 16.7 Å². The topological polar surface area (TPSA) is 54.4 Å². The Labute approximate surface area is 132 Å². The van der Waals surface area contributed by atoms with Crippen LogP contribution in [-0.2, 0) is 28.2 Å². The first-order valence-corrected chi connectivity index (χ1v) is 6.15. The summed E-state index contributed by atoms with van der Waals surface area (Å²) >= 11 is 0. The summed E-state index contributed by atoms with van der Waals surface area (Å²) in [6.45, 7) is 0. The van der Waals surface area contributed by atoms with Gasteiger partial charge in [0.05, 0.1) is 11.1 Å². The standard InChI is InChI=1S/C9H6F6O3S.Na/c10-8(11,12)6-2-1-3-7(9(13,14)15)5(6)4-19(16,17)18;/h1-3H,4H2,(H,16,17,18);. The third-order valence-electron chi connectivity index (χ3n) is 2.11. The molecule has 11 heteroatoms. The van der Waals surface area contributed by atoms with Gasteiger partial charge in [-0.25, -0.2) is 0 Å². The Balaban J connectivity index is 0.00000361. The molecular weight excluding hydrogens is 325 g/mol. The van der Waals surface area contributed by atoms with Crippen LogP contribution in [0.15, 0.2) is 18.2 Å². The molecule has 1 aromatic carbocycles. The van der Waals surface area contributed by atoms with Crippen molar-refractivity contribution in [3.8, 4) is 0 Å². The SMILES string of the molecule is O=S(=O)(O)Cc1c(C(F)(F)F)cccc1C(F)(F)F.[Na]. The van der Waals surface area contributed by atoms with E-state index in [2.05, 4.69) is 0 Å². The maximum absolute atomic E-state index is 12.5. The molecule has 0 aromatic heterocycles. The van der Waals surface area contributed by atoms with Crippen LogP contribution in [0.3, 0.4) is 0 Å². The van der Waals surface area contributed by atoms with Gasteiger partial charge < -0.3 is 0 Å². The Kier molecular flexibility index (Phi) is 6.13. The molecule has 1 rings (SSSR count). The van der Waals surface area contributed by atoms with Gasteiger partial charge in [0.2, 0.25) is 0 Å². The number of halogens is 6. The first-order valence-electron chi connectivity index (χ1n) is 4.54. The summed E-state index contributed by atoms with van der Waals surface area (Å²) in [6, 6.07) is 1.14. The summed E-state index contributed by atoms with van der Waals surface area (Å²) in [5.74, 6) is -1.77. The van der Waals surface area contributed by atoms with Gasteiger partial charge in [-0.05, 0) is 17.7 Å². The molecular formula is C9H6F6NaO3S. The fourth-order valence-corrected chi connectivity index (χ4v) is 2.13. The summed E-state index contributed by atoms with van der Waals surface area (Å²) in [4.78, 5) is 0. The van der Waals surface area contributed by atoms with Crippen molar-refractivity contribution in [3.63, 3.8) is 0 Å². The van der Waals surface area contributed by atoms with Crippen molar-refractivity contribution in [2.75, 3.05) is 0 Å². The number of benzene rings is 1. The molecule has 20 heavy (non-hydrogen) atoms. The molecule has 0 spiro atoms. The molecule has 0 fully saturated rings. The predicted molar refractivity (Wildman–Crippen MR) is 57.5 cm³/mol. The molecule has 0 amide bonds. The Bertz CT molecular complexity index is 546. The van der Waals surface area contributed by atoms with E-state index < -0.39 is 44.9 Å². The van der Waals surface area contributed by atoms with E-state index in [1.165, 1.54) is 0 Å². The first-order chi connectivity index (χ1) is 8.32. The van der Waals surface area contributed by atoms with Gasteiger partial charge >= 0.3 is 12.4 Å². The molecule has 0 unspecified atom stereocenters. The number of hydrogen-bond acceptors (Lipinski definition) is 2. The van der Waals surface area contributed by atoms with E-state index in [4.69, 9.17) is 4.55 Å². The van der Waals surface area contributed by atoms with Crippen molar-refractivity contribution >= 4 is 39.7 Å². The zero-order valence-corrected chi connectivity index (χ0v) is 12.7. The van der Waals surface area contributed by atoms with Gasteiger partial charge in [-0.3, -0.25) is 4.55 Å².